The van der Waals surface area contributed by atoms with Gasteiger partial charge in [-0.05, 0) is 13.0 Å². The van der Waals surface area contributed by atoms with E-state index in [2.05, 4.69) is 9.97 Å². The van der Waals surface area contributed by atoms with E-state index in [4.69, 9.17) is 0 Å². The average molecular weight is 248 g/mol. The van der Waals surface area contributed by atoms with Crippen molar-refractivity contribution in [3.63, 3.8) is 0 Å². The van der Waals surface area contributed by atoms with Crippen molar-refractivity contribution in [3.05, 3.63) is 70.6 Å². The van der Waals surface area contributed by atoms with Gasteiger partial charge in [-0.2, -0.15) is 0 Å². The summed E-state index contributed by atoms with van der Waals surface area (Å²) in [5, 5.41) is 0.904. The minimum atomic E-state index is -0.296. The minimum absolute atomic E-state index is 0.296. The molecule has 0 radical (unpaired) electrons. The first-order valence-electron chi connectivity index (χ1n) is 6.09. The maximum absolute atomic E-state index is 12.2. The highest BCUT2D eigenvalue weighted by molar-refractivity contribution is 5.80. The largest absolute Gasteiger partial charge is 0.296 e. The van der Waals surface area contributed by atoms with Gasteiger partial charge in [-0.3, -0.25) is 4.79 Å². The Balaban J connectivity index is 2.40. The summed E-state index contributed by atoms with van der Waals surface area (Å²) in [6.07, 6.45) is 0. The van der Waals surface area contributed by atoms with E-state index >= 15 is 0 Å². The van der Waals surface area contributed by atoms with Crippen LogP contribution in [0.5, 0.6) is 0 Å². The summed E-state index contributed by atoms with van der Waals surface area (Å²) in [5.41, 5.74) is 2.39. The molecule has 0 amide bonds. The zero-order valence-corrected chi connectivity index (χ0v) is 10.5. The molecule has 19 heavy (non-hydrogen) atoms. The summed E-state index contributed by atoms with van der Waals surface area (Å²) in [6, 6.07) is 17.0. The molecule has 92 valence electrons. The Hall–Kier alpha value is -2.55. The van der Waals surface area contributed by atoms with Crippen molar-refractivity contribution in [1.29, 1.82) is 0 Å². The Morgan fingerprint density at radius 2 is 1.53 bits per heavy atom. The molecular weight excluding hydrogens is 236 g/mol. The number of rotatable bonds is 1. The molecule has 1 heterocycles. The van der Waals surface area contributed by atoms with Crippen molar-refractivity contribution in [3.8, 4) is 11.3 Å². The van der Waals surface area contributed by atoms with Gasteiger partial charge < -0.3 is 0 Å². The van der Waals surface area contributed by atoms with Crippen molar-refractivity contribution >= 4 is 10.9 Å². The molecule has 0 bridgehead atoms. The standard InChI is InChI=1S/C16H12N2O/c1-11-13-9-5-6-10-14(13)18-16(19)15(17-11)12-7-3-2-4-8-12/h2-10H,1H3. The van der Waals surface area contributed by atoms with Gasteiger partial charge in [0.2, 0.25) is 0 Å². The molecule has 0 saturated carbocycles. The number of hydrogen-bond acceptors (Lipinski definition) is 3. The predicted octanol–water partition coefficient (Wildman–Crippen LogP) is 2.97. The number of benzene rings is 2. The van der Waals surface area contributed by atoms with E-state index in [0.717, 1.165) is 16.6 Å². The first-order chi connectivity index (χ1) is 9.25. The van der Waals surface area contributed by atoms with Crippen LogP contribution in [0.2, 0.25) is 0 Å². The van der Waals surface area contributed by atoms with Crippen molar-refractivity contribution in [2.24, 2.45) is 0 Å². The number of hydrogen-bond donors (Lipinski definition) is 0. The molecule has 3 heteroatoms. The molecule has 0 unspecified atom stereocenters. The van der Waals surface area contributed by atoms with Gasteiger partial charge in [-0.1, -0.05) is 48.5 Å². The Bertz CT molecular complexity index is 798. The smallest absolute Gasteiger partial charge is 0.265 e. The summed E-state index contributed by atoms with van der Waals surface area (Å²) >= 11 is 0. The van der Waals surface area contributed by atoms with Gasteiger partial charge in [0.1, 0.15) is 5.69 Å². The monoisotopic (exact) mass is 248 g/mol. The lowest BCUT2D eigenvalue weighted by Gasteiger charge is -1.96. The Morgan fingerprint density at radius 1 is 0.842 bits per heavy atom. The highest BCUT2D eigenvalue weighted by Gasteiger charge is 2.07. The predicted molar refractivity (Wildman–Crippen MR) is 76.0 cm³/mol. The van der Waals surface area contributed by atoms with Crippen LogP contribution in [0.15, 0.2) is 59.4 Å². The van der Waals surface area contributed by atoms with Gasteiger partial charge in [0.05, 0.1) is 5.52 Å². The van der Waals surface area contributed by atoms with E-state index in [1.165, 1.54) is 0 Å². The van der Waals surface area contributed by atoms with Crippen LogP contribution in [-0.2, 0) is 0 Å². The Labute approximate surface area is 110 Å². The molecule has 3 nitrogen and oxygen atoms in total. The zero-order valence-electron chi connectivity index (χ0n) is 10.5. The van der Waals surface area contributed by atoms with E-state index in [1.54, 1.807) is 0 Å². The van der Waals surface area contributed by atoms with E-state index in [0.29, 0.717) is 11.2 Å². The molecule has 0 saturated heterocycles. The van der Waals surface area contributed by atoms with Gasteiger partial charge in [0.25, 0.3) is 5.56 Å². The molecule has 0 atom stereocenters. The van der Waals surface area contributed by atoms with Crippen LogP contribution in [0.1, 0.15) is 5.69 Å². The lowest BCUT2D eigenvalue weighted by atomic mass is 10.2. The fraction of sp³-hybridized carbons (Fsp3) is 0.0625. The first kappa shape index (κ1) is 11.5. The molecule has 1 aromatic heterocycles. The van der Waals surface area contributed by atoms with Crippen LogP contribution in [0, 0.1) is 6.92 Å². The number of para-hydroxylation sites is 1. The fourth-order valence-electron chi connectivity index (χ4n) is 2.10. The van der Waals surface area contributed by atoms with Gasteiger partial charge in [0.15, 0.2) is 0 Å². The zero-order chi connectivity index (χ0) is 13.2. The van der Waals surface area contributed by atoms with Crippen molar-refractivity contribution in [1.82, 2.24) is 9.97 Å². The molecule has 0 aliphatic carbocycles. The molecule has 0 aliphatic rings. The van der Waals surface area contributed by atoms with E-state index in [-0.39, 0.29) is 5.56 Å². The number of nitrogens with zero attached hydrogens (tertiary/aromatic N) is 2. The third kappa shape index (κ3) is 2.10. The lowest BCUT2D eigenvalue weighted by molar-refractivity contribution is 1.21. The van der Waals surface area contributed by atoms with Crippen molar-refractivity contribution < 1.29 is 0 Å². The quantitative estimate of drug-likeness (QED) is 0.665. The topological polar surface area (TPSA) is 42.9 Å². The SMILES string of the molecule is Cc1nc(-c2ccccc2)c(=O)nc2ccccc12. The highest BCUT2D eigenvalue weighted by atomic mass is 16.1. The first-order valence-corrected chi connectivity index (χ1v) is 6.09. The van der Waals surface area contributed by atoms with Gasteiger partial charge >= 0.3 is 0 Å². The summed E-state index contributed by atoms with van der Waals surface area (Å²) in [5.74, 6) is 0. The minimum Gasteiger partial charge on any atom is -0.265 e. The van der Waals surface area contributed by atoms with Crippen LogP contribution in [0.4, 0.5) is 0 Å². The second-order valence-corrected chi connectivity index (χ2v) is 4.35. The lowest BCUT2D eigenvalue weighted by Crippen LogP contribution is -2.06. The molecule has 0 fully saturated rings. The van der Waals surface area contributed by atoms with Crippen LogP contribution < -0.4 is 5.56 Å². The van der Waals surface area contributed by atoms with Gasteiger partial charge in [-0.25, -0.2) is 9.97 Å². The molecule has 2 aromatic carbocycles. The summed E-state index contributed by atoms with van der Waals surface area (Å²) in [6.45, 7) is 1.90. The second-order valence-electron chi connectivity index (χ2n) is 4.35. The number of fused-ring (bicyclic) bond motifs is 1. The summed E-state index contributed by atoms with van der Waals surface area (Å²) in [7, 11) is 0. The van der Waals surface area contributed by atoms with Crippen LogP contribution in [-0.4, -0.2) is 9.97 Å². The maximum Gasteiger partial charge on any atom is 0.296 e. The number of aromatic nitrogens is 2. The Morgan fingerprint density at radius 3 is 2.32 bits per heavy atom. The van der Waals surface area contributed by atoms with Gasteiger partial charge in [-0.15, -0.1) is 0 Å². The average Bonchev–Trinajstić information content (AvgIpc) is 2.57. The molecule has 3 aromatic rings. The fourth-order valence-corrected chi connectivity index (χ4v) is 2.10. The van der Waals surface area contributed by atoms with E-state index in [1.807, 2.05) is 61.5 Å². The van der Waals surface area contributed by atoms with Crippen LogP contribution in [0.25, 0.3) is 22.2 Å². The van der Waals surface area contributed by atoms with E-state index in [9.17, 15) is 4.79 Å². The molecule has 0 aliphatic heterocycles. The molecular formula is C16H12N2O. The highest BCUT2D eigenvalue weighted by Crippen LogP contribution is 2.16. The normalized spacial score (nSPS) is 10.6. The van der Waals surface area contributed by atoms with Crippen LogP contribution >= 0.6 is 0 Å². The number of aryl methyl sites for hydroxylation is 1. The Kier molecular flexibility index (Phi) is 2.80. The second kappa shape index (κ2) is 4.61. The van der Waals surface area contributed by atoms with Crippen LogP contribution in [0.3, 0.4) is 0 Å². The van der Waals surface area contributed by atoms with Gasteiger partial charge in [0, 0.05) is 16.6 Å². The molecule has 0 N–H and O–H groups in total. The summed E-state index contributed by atoms with van der Waals surface area (Å²) < 4.78 is 0. The summed E-state index contributed by atoms with van der Waals surface area (Å²) in [4.78, 5) is 20.8. The maximum atomic E-state index is 12.2. The van der Waals surface area contributed by atoms with Crippen molar-refractivity contribution in [2.45, 2.75) is 6.92 Å². The van der Waals surface area contributed by atoms with Crippen molar-refractivity contribution in [2.75, 3.05) is 0 Å². The molecule has 0 spiro atoms. The molecule has 3 rings (SSSR count). The third-order valence-corrected chi connectivity index (χ3v) is 3.05. The van der Waals surface area contributed by atoms with E-state index < -0.39 is 0 Å². The third-order valence-electron chi connectivity index (χ3n) is 3.05.